The third-order valence-electron chi connectivity index (χ3n) is 2.16. The van der Waals surface area contributed by atoms with Gasteiger partial charge in [0, 0.05) is 12.2 Å². The number of hydrogen-bond donors (Lipinski definition) is 0. The molecule has 0 N–H and O–H groups in total. The molecule has 1 aromatic heterocycles. The molecule has 4 heteroatoms. The van der Waals surface area contributed by atoms with Gasteiger partial charge >= 0.3 is 18.6 Å². The van der Waals surface area contributed by atoms with Gasteiger partial charge in [-0.25, -0.2) is 10.2 Å². The fraction of sp³-hybridized carbons (Fsp3) is 0.182. The molecule has 3 nitrogen and oxygen atoms in total. The van der Waals surface area contributed by atoms with Crippen molar-refractivity contribution in [1.29, 1.82) is 0 Å². The van der Waals surface area contributed by atoms with Crippen LogP contribution in [-0.4, -0.2) is 14.8 Å². The molecule has 0 atom stereocenters. The second kappa shape index (κ2) is 5.15. The van der Waals surface area contributed by atoms with Gasteiger partial charge in [0.2, 0.25) is 0 Å². The van der Waals surface area contributed by atoms with Crippen molar-refractivity contribution in [1.82, 2.24) is 14.8 Å². The van der Waals surface area contributed by atoms with Gasteiger partial charge in [-0.15, -0.1) is 5.56 Å². The van der Waals surface area contributed by atoms with E-state index in [1.165, 1.54) is 5.56 Å². The van der Waals surface area contributed by atoms with E-state index in [9.17, 15) is 0 Å². The SMILES string of the molecule is [CH2-]Cc1ccccc1-n1[c-]nnc1C.[V+2]. The summed E-state index contributed by atoms with van der Waals surface area (Å²) in [6.07, 6.45) is 3.58. The zero-order valence-corrected chi connectivity index (χ0v) is 9.91. The summed E-state index contributed by atoms with van der Waals surface area (Å²) in [5.41, 5.74) is 2.23. The number of aromatic nitrogens is 3. The van der Waals surface area contributed by atoms with Crippen molar-refractivity contribution in [2.24, 2.45) is 0 Å². The van der Waals surface area contributed by atoms with Crippen LogP contribution in [-0.2, 0) is 25.0 Å². The van der Waals surface area contributed by atoms with Gasteiger partial charge in [-0.05, 0) is 0 Å². The maximum absolute atomic E-state index is 3.91. The average Bonchev–Trinajstić information content (AvgIpc) is 2.64. The van der Waals surface area contributed by atoms with Crippen LogP contribution in [0.3, 0.4) is 0 Å². The third kappa shape index (κ3) is 2.30. The van der Waals surface area contributed by atoms with E-state index in [-0.39, 0.29) is 18.6 Å². The molecule has 0 saturated carbocycles. The van der Waals surface area contributed by atoms with E-state index >= 15 is 0 Å². The van der Waals surface area contributed by atoms with E-state index in [1.807, 2.05) is 29.7 Å². The van der Waals surface area contributed by atoms with Crippen LogP contribution in [0.5, 0.6) is 0 Å². The standard InChI is InChI=1S/C11H11N3.V/c1-3-10-6-4-5-7-11(10)14-8-12-13-9(14)2;/h4-7H,1,3H2,2H3;/q-2;+2. The summed E-state index contributed by atoms with van der Waals surface area (Å²) in [5, 5.41) is 7.65. The van der Waals surface area contributed by atoms with Crippen molar-refractivity contribution in [3.63, 3.8) is 0 Å². The molecule has 0 saturated heterocycles. The maximum atomic E-state index is 3.91. The summed E-state index contributed by atoms with van der Waals surface area (Å²) in [6, 6.07) is 8.06. The zero-order chi connectivity index (χ0) is 9.97. The zero-order valence-electron chi connectivity index (χ0n) is 8.51. The molecule has 1 aromatic carbocycles. The smallest absolute Gasteiger partial charge is 0.448 e. The second-order valence-corrected chi connectivity index (χ2v) is 3.06. The number of benzene rings is 1. The Morgan fingerprint density at radius 1 is 1.40 bits per heavy atom. The van der Waals surface area contributed by atoms with E-state index in [4.69, 9.17) is 0 Å². The van der Waals surface area contributed by atoms with E-state index in [0.29, 0.717) is 0 Å². The topological polar surface area (TPSA) is 30.7 Å². The molecule has 0 bridgehead atoms. The summed E-state index contributed by atoms with van der Waals surface area (Å²) in [7, 11) is 0. The summed E-state index contributed by atoms with van der Waals surface area (Å²) in [6.45, 7) is 5.79. The molecule has 0 aliphatic rings. The molecule has 15 heavy (non-hydrogen) atoms. The molecule has 1 radical (unpaired) electrons. The van der Waals surface area contributed by atoms with Crippen LogP contribution in [0, 0.1) is 20.2 Å². The largest absolute Gasteiger partial charge is 2.00 e. The average molecular weight is 236 g/mol. The molecular formula is C11H11N3V. The molecule has 1 heterocycles. The van der Waals surface area contributed by atoms with Crippen LogP contribution >= 0.6 is 0 Å². The summed E-state index contributed by atoms with van der Waals surface area (Å²) in [5.74, 6) is 0.839. The molecule has 2 rings (SSSR count). The monoisotopic (exact) mass is 236 g/mol. The van der Waals surface area contributed by atoms with Crippen molar-refractivity contribution in [2.45, 2.75) is 13.3 Å². The molecular weight excluding hydrogens is 225 g/mol. The van der Waals surface area contributed by atoms with Gasteiger partial charge in [-0.3, -0.25) is 0 Å². The minimum Gasteiger partial charge on any atom is -0.448 e. The molecule has 0 aliphatic carbocycles. The predicted octanol–water partition coefficient (Wildman–Crippen LogP) is 1.75. The Morgan fingerprint density at radius 3 is 2.73 bits per heavy atom. The Morgan fingerprint density at radius 2 is 2.13 bits per heavy atom. The third-order valence-corrected chi connectivity index (χ3v) is 2.16. The molecule has 0 spiro atoms. The Bertz CT molecular complexity index is 437. The van der Waals surface area contributed by atoms with Gasteiger partial charge in [0.25, 0.3) is 0 Å². The van der Waals surface area contributed by atoms with E-state index < -0.39 is 0 Å². The minimum atomic E-state index is 0. The molecule has 2 aromatic rings. The first-order chi connectivity index (χ1) is 6.83. The number of rotatable bonds is 2. The fourth-order valence-corrected chi connectivity index (χ4v) is 1.43. The van der Waals surface area contributed by atoms with Crippen molar-refractivity contribution in [3.8, 4) is 5.69 Å². The van der Waals surface area contributed by atoms with Crippen LogP contribution in [0.15, 0.2) is 24.3 Å². The first-order valence-corrected chi connectivity index (χ1v) is 4.50. The number of para-hydroxylation sites is 1. The van der Waals surface area contributed by atoms with E-state index in [1.54, 1.807) is 0 Å². The van der Waals surface area contributed by atoms with Gasteiger partial charge < -0.3 is 11.5 Å². The molecule has 75 valence electrons. The van der Waals surface area contributed by atoms with Gasteiger partial charge in [0.05, 0.1) is 0 Å². The van der Waals surface area contributed by atoms with Crippen LogP contribution < -0.4 is 0 Å². The van der Waals surface area contributed by atoms with E-state index in [2.05, 4.69) is 29.5 Å². The summed E-state index contributed by atoms with van der Waals surface area (Å²) >= 11 is 0. The summed E-state index contributed by atoms with van der Waals surface area (Å²) in [4.78, 5) is 0. The Balaban J connectivity index is 0.00000112. The van der Waals surface area contributed by atoms with Gasteiger partial charge in [0.1, 0.15) is 0 Å². The molecule has 0 fully saturated rings. The van der Waals surface area contributed by atoms with Crippen molar-refractivity contribution in [3.05, 3.63) is 48.9 Å². The molecule has 0 amide bonds. The Hall–Kier alpha value is -1.06. The summed E-state index contributed by atoms with van der Waals surface area (Å²) < 4.78 is 1.85. The Kier molecular flexibility index (Phi) is 4.12. The molecule has 0 unspecified atom stereocenters. The fourth-order valence-electron chi connectivity index (χ4n) is 1.43. The number of aryl methyl sites for hydroxylation is 1. The minimum absolute atomic E-state index is 0. The second-order valence-electron chi connectivity index (χ2n) is 3.06. The van der Waals surface area contributed by atoms with Crippen LogP contribution in [0.25, 0.3) is 5.69 Å². The predicted molar refractivity (Wildman–Crippen MR) is 54.0 cm³/mol. The number of hydrogen-bond acceptors (Lipinski definition) is 2. The quantitative estimate of drug-likeness (QED) is 0.744. The van der Waals surface area contributed by atoms with E-state index in [0.717, 1.165) is 17.9 Å². The maximum Gasteiger partial charge on any atom is 2.00 e. The Labute approximate surface area is 101 Å². The van der Waals surface area contributed by atoms with Crippen LogP contribution in [0.1, 0.15) is 11.4 Å². The van der Waals surface area contributed by atoms with Crippen molar-refractivity contribution in [2.75, 3.05) is 0 Å². The van der Waals surface area contributed by atoms with Gasteiger partial charge in [-0.1, -0.05) is 36.9 Å². The normalized spacial score (nSPS) is 9.73. The first-order valence-electron chi connectivity index (χ1n) is 4.50. The van der Waals surface area contributed by atoms with Gasteiger partial charge in [0.15, 0.2) is 0 Å². The number of nitrogens with zero attached hydrogens (tertiary/aromatic N) is 3. The van der Waals surface area contributed by atoms with Crippen LogP contribution in [0.4, 0.5) is 0 Å². The molecule has 0 aliphatic heterocycles. The van der Waals surface area contributed by atoms with Gasteiger partial charge in [-0.2, -0.15) is 6.42 Å². The van der Waals surface area contributed by atoms with Crippen LogP contribution in [0.2, 0.25) is 0 Å². The van der Waals surface area contributed by atoms with Crippen molar-refractivity contribution >= 4 is 0 Å². The van der Waals surface area contributed by atoms with Crippen molar-refractivity contribution < 1.29 is 18.6 Å². The first kappa shape index (κ1) is 12.0.